The van der Waals surface area contributed by atoms with Crippen LogP contribution in [0.4, 0.5) is 4.79 Å². The van der Waals surface area contributed by atoms with Crippen molar-refractivity contribution in [3.8, 4) is 23.1 Å². The van der Waals surface area contributed by atoms with Crippen LogP contribution in [0.5, 0.6) is 5.75 Å². The van der Waals surface area contributed by atoms with Gasteiger partial charge in [0.15, 0.2) is 0 Å². The number of carbonyl (C=O) groups is 1. The molecule has 0 aliphatic carbocycles. The summed E-state index contributed by atoms with van der Waals surface area (Å²) < 4.78 is 8.92. The molecule has 11 heteroatoms. The summed E-state index contributed by atoms with van der Waals surface area (Å²) >= 11 is 0. The molecule has 3 aromatic heterocycles. The Bertz CT molecular complexity index is 1290. The average Bonchev–Trinajstić information content (AvgIpc) is 3.45. The first-order valence-electron chi connectivity index (χ1n) is 11.4. The lowest BCUT2D eigenvalue weighted by molar-refractivity contribution is 0.0231. The van der Waals surface area contributed by atoms with Gasteiger partial charge in [-0.2, -0.15) is 10.4 Å². The predicted octanol–water partition coefficient (Wildman–Crippen LogP) is 2.34. The molecule has 5 heterocycles. The van der Waals surface area contributed by atoms with Crippen molar-refractivity contribution in [2.45, 2.75) is 51.8 Å². The van der Waals surface area contributed by atoms with E-state index in [1.165, 1.54) is 10.7 Å². The molecule has 1 N–H and O–H groups in total. The van der Waals surface area contributed by atoms with Gasteiger partial charge in [0.05, 0.1) is 17.9 Å². The second kappa shape index (κ2) is 7.99. The highest BCUT2D eigenvalue weighted by atomic mass is 16.6. The number of aromatic hydroxyl groups is 1. The van der Waals surface area contributed by atoms with Gasteiger partial charge in [-0.15, -0.1) is 5.10 Å². The molecule has 3 aromatic rings. The second-order valence-corrected chi connectivity index (χ2v) is 10.0. The van der Waals surface area contributed by atoms with Crippen LogP contribution >= 0.6 is 0 Å². The number of hydrogen-bond acceptors (Lipinski definition) is 8. The molecule has 34 heavy (non-hydrogen) atoms. The van der Waals surface area contributed by atoms with Gasteiger partial charge in [-0.25, -0.2) is 14.0 Å². The van der Waals surface area contributed by atoms with Gasteiger partial charge in [-0.3, -0.25) is 4.90 Å². The Balaban J connectivity index is 1.25. The van der Waals surface area contributed by atoms with Crippen molar-refractivity contribution in [2.75, 3.05) is 26.2 Å². The highest BCUT2D eigenvalue weighted by Crippen LogP contribution is 2.33. The number of rotatable bonds is 3. The summed E-state index contributed by atoms with van der Waals surface area (Å²) in [5.41, 5.74) is 2.45. The first-order valence-corrected chi connectivity index (χ1v) is 11.4. The fourth-order valence-corrected chi connectivity index (χ4v) is 4.74. The van der Waals surface area contributed by atoms with Gasteiger partial charge in [0.25, 0.3) is 0 Å². The number of aromatic nitrogens is 5. The Morgan fingerprint density at radius 2 is 2.03 bits per heavy atom. The summed E-state index contributed by atoms with van der Waals surface area (Å²) in [6.07, 6.45) is 3.86. The molecule has 0 unspecified atom stereocenters. The molecule has 178 valence electrons. The summed E-state index contributed by atoms with van der Waals surface area (Å²) in [6, 6.07) is 4.14. The summed E-state index contributed by atoms with van der Waals surface area (Å²) in [5, 5.41) is 32.5. The summed E-state index contributed by atoms with van der Waals surface area (Å²) in [5.74, 6) is -0.0221. The van der Waals surface area contributed by atoms with Crippen molar-refractivity contribution < 1.29 is 14.6 Å². The molecule has 5 rings (SSSR count). The van der Waals surface area contributed by atoms with E-state index in [-0.39, 0.29) is 17.9 Å². The molecule has 0 radical (unpaired) electrons. The van der Waals surface area contributed by atoms with Gasteiger partial charge < -0.3 is 14.7 Å². The Morgan fingerprint density at radius 3 is 2.74 bits per heavy atom. The van der Waals surface area contributed by atoms with Crippen LogP contribution in [0.15, 0.2) is 18.5 Å². The third-order valence-electron chi connectivity index (χ3n) is 6.48. The third-order valence-corrected chi connectivity index (χ3v) is 6.48. The molecule has 2 aliphatic rings. The van der Waals surface area contributed by atoms with Crippen molar-refractivity contribution in [1.82, 2.24) is 34.4 Å². The minimum absolute atomic E-state index is 0.0221. The molecule has 0 bridgehead atoms. The molecule has 2 aliphatic heterocycles. The summed E-state index contributed by atoms with van der Waals surface area (Å²) in [7, 11) is 0. The van der Waals surface area contributed by atoms with E-state index >= 15 is 0 Å². The zero-order chi connectivity index (χ0) is 24.2. The molecule has 1 amide bonds. The zero-order valence-electron chi connectivity index (χ0n) is 19.8. The van der Waals surface area contributed by atoms with Gasteiger partial charge in [0.1, 0.15) is 34.2 Å². The molecule has 2 fully saturated rings. The highest BCUT2D eigenvalue weighted by molar-refractivity contribution is 5.74. The maximum atomic E-state index is 12.4. The van der Waals surface area contributed by atoms with Crippen LogP contribution in [0.1, 0.15) is 44.5 Å². The lowest BCUT2D eigenvalue weighted by atomic mass is 10.0. The number of likely N-dealkylation sites (tertiary alicyclic amines) is 2. The lowest BCUT2D eigenvalue weighted by Crippen LogP contribution is -2.54. The maximum Gasteiger partial charge on any atom is 0.410 e. The fourth-order valence-electron chi connectivity index (χ4n) is 4.74. The minimum atomic E-state index is -0.490. The number of amides is 1. The van der Waals surface area contributed by atoms with Gasteiger partial charge in [-0.05, 0) is 40.2 Å². The highest BCUT2D eigenvalue weighted by Gasteiger charge is 2.40. The van der Waals surface area contributed by atoms with E-state index in [2.05, 4.69) is 20.3 Å². The number of nitriles is 1. The third kappa shape index (κ3) is 3.84. The van der Waals surface area contributed by atoms with Crippen LogP contribution in [0.2, 0.25) is 0 Å². The van der Waals surface area contributed by atoms with Crippen LogP contribution in [0.3, 0.4) is 0 Å². The Morgan fingerprint density at radius 1 is 1.26 bits per heavy atom. The van der Waals surface area contributed by atoms with Crippen LogP contribution < -0.4 is 0 Å². The standard InChI is InChI=1S/C23H28N8O3/c1-14-20(15-7-19(32)21-16(8-24)9-25-30(21)10-15)26-27-31(14)18-12-29(13-18)17-5-6-28(11-17)22(33)34-23(2,3)4/h7,9-10,17-18,32H,5-6,11-13H2,1-4H3/t17-/m1/s1. The monoisotopic (exact) mass is 464 g/mol. The fraction of sp³-hybridized carbons (Fsp3) is 0.522. The summed E-state index contributed by atoms with van der Waals surface area (Å²) in [6.45, 7) is 10.7. The molecule has 11 nitrogen and oxygen atoms in total. The molecule has 0 aromatic carbocycles. The number of ether oxygens (including phenoxy) is 1. The number of hydrogen-bond donors (Lipinski definition) is 1. The molecule has 1 atom stereocenters. The number of nitrogens with zero attached hydrogens (tertiary/aromatic N) is 8. The van der Waals surface area contributed by atoms with Crippen LogP contribution in [-0.2, 0) is 4.74 Å². The Hall–Kier alpha value is -3.65. The molecule has 0 saturated carbocycles. The predicted molar refractivity (Wildman–Crippen MR) is 122 cm³/mol. The first kappa shape index (κ1) is 22.2. The molecule has 2 saturated heterocycles. The van der Waals surface area contributed by atoms with Crippen LogP contribution in [0, 0.1) is 18.3 Å². The van der Waals surface area contributed by atoms with E-state index in [9.17, 15) is 15.2 Å². The Kier molecular flexibility index (Phi) is 5.20. The number of fused-ring (bicyclic) bond motifs is 1. The van der Waals surface area contributed by atoms with E-state index in [4.69, 9.17) is 4.74 Å². The van der Waals surface area contributed by atoms with Gasteiger partial charge >= 0.3 is 6.09 Å². The average molecular weight is 465 g/mol. The van der Waals surface area contributed by atoms with E-state index < -0.39 is 5.60 Å². The maximum absolute atomic E-state index is 12.4. The molecular formula is C23H28N8O3. The van der Waals surface area contributed by atoms with Gasteiger partial charge in [0.2, 0.25) is 0 Å². The van der Waals surface area contributed by atoms with Crippen molar-refractivity contribution in [3.63, 3.8) is 0 Å². The number of carbonyl (C=O) groups excluding carboxylic acids is 1. The van der Waals surface area contributed by atoms with Crippen LogP contribution in [0.25, 0.3) is 16.8 Å². The first-order chi connectivity index (χ1) is 16.1. The topological polar surface area (TPSA) is 125 Å². The number of pyridine rings is 1. The van der Waals surface area contributed by atoms with E-state index in [1.807, 2.05) is 38.4 Å². The normalized spacial score (nSPS) is 19.4. The van der Waals surface area contributed by atoms with Crippen molar-refractivity contribution in [1.29, 1.82) is 5.26 Å². The zero-order valence-corrected chi connectivity index (χ0v) is 19.8. The molecular weight excluding hydrogens is 436 g/mol. The van der Waals surface area contributed by atoms with Crippen molar-refractivity contribution >= 4 is 11.6 Å². The van der Waals surface area contributed by atoms with Gasteiger partial charge in [0, 0.05) is 44.0 Å². The molecule has 0 spiro atoms. The Labute approximate surface area is 197 Å². The SMILES string of the molecule is Cc1c(-c2cc(O)c3c(C#N)cnn3c2)nnn1C1CN([C@@H]2CCN(C(=O)OC(C)(C)C)C2)C1. The lowest BCUT2D eigenvalue weighted by Gasteiger charge is -2.43. The summed E-state index contributed by atoms with van der Waals surface area (Å²) in [4.78, 5) is 16.5. The van der Waals surface area contributed by atoms with Crippen LogP contribution in [-0.4, -0.2) is 83.4 Å². The largest absolute Gasteiger partial charge is 0.506 e. The minimum Gasteiger partial charge on any atom is -0.506 e. The smallest absolute Gasteiger partial charge is 0.410 e. The van der Waals surface area contributed by atoms with Gasteiger partial charge in [-0.1, -0.05) is 5.21 Å². The van der Waals surface area contributed by atoms with Crippen molar-refractivity contribution in [3.05, 3.63) is 29.7 Å². The van der Waals surface area contributed by atoms with E-state index in [1.54, 1.807) is 17.2 Å². The second-order valence-electron chi connectivity index (χ2n) is 10.0. The van der Waals surface area contributed by atoms with E-state index in [0.717, 1.165) is 25.2 Å². The van der Waals surface area contributed by atoms with E-state index in [0.29, 0.717) is 41.5 Å². The quantitative estimate of drug-likeness (QED) is 0.626. The van der Waals surface area contributed by atoms with Crippen molar-refractivity contribution in [2.24, 2.45) is 0 Å².